The average Bonchev–Trinajstić information content (AvgIpc) is 3.53. The lowest BCUT2D eigenvalue weighted by molar-refractivity contribution is -0.140. The quantitative estimate of drug-likeness (QED) is 0.301. The van der Waals surface area contributed by atoms with Gasteiger partial charge in [-0.2, -0.15) is 20.0 Å². The summed E-state index contributed by atoms with van der Waals surface area (Å²) in [7, 11) is 0. The van der Waals surface area contributed by atoms with E-state index in [2.05, 4.69) is 53.0 Å². The lowest BCUT2D eigenvalue weighted by Gasteiger charge is -2.49. The van der Waals surface area contributed by atoms with Crippen LogP contribution in [-0.2, 0) is 4.79 Å². The van der Waals surface area contributed by atoms with E-state index in [9.17, 15) is 20.4 Å². The number of carbonyl (C=O) groups excluding carboxylic acids is 1. The number of anilines is 4. The van der Waals surface area contributed by atoms with E-state index < -0.39 is 6.10 Å². The number of hydrogen-bond acceptors (Lipinski definition) is 12. The second-order valence-corrected chi connectivity index (χ2v) is 11.9. The molecule has 2 aromatic heterocycles. The van der Waals surface area contributed by atoms with Gasteiger partial charge < -0.3 is 30.9 Å². The molecular formula is C28H31ClN12O2. The fourth-order valence-electron chi connectivity index (χ4n) is 5.96. The molecule has 1 saturated carbocycles. The van der Waals surface area contributed by atoms with Crippen LogP contribution in [0.2, 0.25) is 5.02 Å². The van der Waals surface area contributed by atoms with Crippen LogP contribution in [0.4, 0.5) is 23.1 Å². The van der Waals surface area contributed by atoms with E-state index in [4.69, 9.17) is 11.6 Å². The van der Waals surface area contributed by atoms with E-state index in [-0.39, 0.29) is 23.6 Å². The van der Waals surface area contributed by atoms with E-state index in [1.165, 1.54) is 10.7 Å². The van der Waals surface area contributed by atoms with Gasteiger partial charge in [-0.3, -0.25) is 9.69 Å². The predicted molar refractivity (Wildman–Crippen MR) is 158 cm³/mol. The first-order valence-corrected chi connectivity index (χ1v) is 14.9. The predicted octanol–water partition coefficient (Wildman–Crippen LogP) is 0.895. The molecule has 14 nitrogen and oxygen atoms in total. The topological polar surface area (TPSA) is 174 Å². The molecule has 0 radical (unpaired) electrons. The fourth-order valence-corrected chi connectivity index (χ4v) is 6.24. The Morgan fingerprint density at radius 3 is 2.60 bits per heavy atom. The Morgan fingerprint density at radius 1 is 1.14 bits per heavy atom. The van der Waals surface area contributed by atoms with Gasteiger partial charge in [0.2, 0.25) is 11.9 Å². The maximum atomic E-state index is 12.7. The van der Waals surface area contributed by atoms with E-state index in [0.29, 0.717) is 79.0 Å². The number of carbonyl (C=O) groups is 1. The molecule has 2 atom stereocenters. The Kier molecular flexibility index (Phi) is 7.15. The van der Waals surface area contributed by atoms with Crippen LogP contribution in [0.25, 0.3) is 5.65 Å². The summed E-state index contributed by atoms with van der Waals surface area (Å²) in [4.78, 5) is 28.1. The molecule has 43 heavy (non-hydrogen) atoms. The Hall–Kier alpha value is -4.21. The molecule has 1 amide bonds. The van der Waals surface area contributed by atoms with Gasteiger partial charge in [0, 0.05) is 57.9 Å². The van der Waals surface area contributed by atoms with Gasteiger partial charge in [-0.15, -0.1) is 5.10 Å². The first kappa shape index (κ1) is 27.6. The summed E-state index contributed by atoms with van der Waals surface area (Å²) >= 11 is 6.94. The number of nitrogens with one attached hydrogen (secondary N) is 3. The number of halogens is 1. The molecule has 3 saturated heterocycles. The van der Waals surface area contributed by atoms with Crippen molar-refractivity contribution < 1.29 is 9.90 Å². The Labute approximate surface area is 252 Å². The smallest absolute Gasteiger partial charge is 0.247 e. The number of imidazole rings is 1. The summed E-state index contributed by atoms with van der Waals surface area (Å²) in [5, 5.41) is 43.6. The molecule has 4 aliphatic rings. The Balaban J connectivity index is 1.05. The first-order valence-electron chi connectivity index (χ1n) is 14.5. The van der Waals surface area contributed by atoms with Crippen LogP contribution >= 0.6 is 11.6 Å². The molecule has 0 unspecified atom stereocenters. The number of rotatable bonds is 7. The molecule has 0 spiro atoms. The van der Waals surface area contributed by atoms with Gasteiger partial charge in [0.05, 0.1) is 46.4 Å². The third-order valence-corrected chi connectivity index (χ3v) is 8.97. The van der Waals surface area contributed by atoms with Crippen molar-refractivity contribution in [3.05, 3.63) is 34.6 Å². The zero-order valence-corrected chi connectivity index (χ0v) is 24.1. The van der Waals surface area contributed by atoms with E-state index >= 15 is 0 Å². The van der Waals surface area contributed by atoms with Crippen LogP contribution in [0.3, 0.4) is 0 Å². The monoisotopic (exact) mass is 602 g/mol. The number of nitrogens with zero attached hydrogens (tertiary/aromatic N) is 9. The molecule has 1 aliphatic carbocycles. The first-order chi connectivity index (χ1) is 20.9. The molecule has 4 N–H and O–H groups in total. The van der Waals surface area contributed by atoms with E-state index in [1.54, 1.807) is 12.1 Å². The number of benzene rings is 1. The normalized spacial score (nSPS) is 22.7. The van der Waals surface area contributed by atoms with Gasteiger partial charge in [-0.05, 0) is 31.4 Å². The van der Waals surface area contributed by atoms with Crippen LogP contribution < -0.4 is 20.9 Å². The lowest BCUT2D eigenvalue weighted by atomic mass is 10.0. The number of piperazine rings is 1. The van der Waals surface area contributed by atoms with Crippen molar-refractivity contribution in [1.29, 1.82) is 10.5 Å². The summed E-state index contributed by atoms with van der Waals surface area (Å²) in [5.41, 5.74) is 2.44. The van der Waals surface area contributed by atoms with Gasteiger partial charge in [-0.25, -0.2) is 4.98 Å². The molecule has 3 aromatic rings. The molecule has 4 fully saturated rings. The highest BCUT2D eigenvalue weighted by Gasteiger charge is 2.40. The van der Waals surface area contributed by atoms with Crippen LogP contribution in [0.5, 0.6) is 0 Å². The minimum Gasteiger partial charge on any atom is -0.392 e. The standard InChI is InChI=1S/C28H31ClN12O2/c29-24-21(35-28-36-25(34-17-1-2-17)26-33-12-18(11-31)41(26)37-28)7-16(10-30)8-23(24)39-5-3-38(4-6-39)19-14-40(15-19)27(43)22-9-20(42)13-32-22/h7-8,12,17,19-20,22,32,42H,1-6,9,13-15H2,(H2,34,35,36,37)/t20-,22+/m1/s1. The van der Waals surface area contributed by atoms with Gasteiger partial charge >= 0.3 is 0 Å². The SMILES string of the molecule is N#Cc1cc(Nc2nc(NC3CC3)c3ncc(C#N)n3n2)c(Cl)c(N2CCN(C3CN(C(=O)[C@@H]4C[C@@H](O)CN4)C3)CC2)c1. The van der Waals surface area contributed by atoms with E-state index in [1.807, 2.05) is 4.90 Å². The summed E-state index contributed by atoms with van der Waals surface area (Å²) in [6, 6.07) is 8.13. The number of aliphatic hydroxyl groups is 1. The number of amides is 1. The fraction of sp³-hybridized carbons (Fsp3) is 0.500. The molecule has 222 valence electrons. The summed E-state index contributed by atoms with van der Waals surface area (Å²) in [6.07, 6.45) is 3.56. The van der Waals surface area contributed by atoms with E-state index in [0.717, 1.165) is 31.6 Å². The van der Waals surface area contributed by atoms with Gasteiger partial charge in [0.25, 0.3) is 0 Å². The van der Waals surface area contributed by atoms with Crippen LogP contribution in [0.1, 0.15) is 30.5 Å². The maximum Gasteiger partial charge on any atom is 0.247 e. The van der Waals surface area contributed by atoms with Gasteiger partial charge in [-0.1, -0.05) is 11.6 Å². The molecule has 3 aliphatic heterocycles. The summed E-state index contributed by atoms with van der Waals surface area (Å²) < 4.78 is 1.45. The van der Waals surface area contributed by atoms with Crippen molar-refractivity contribution in [2.24, 2.45) is 0 Å². The van der Waals surface area contributed by atoms with Crippen molar-refractivity contribution in [3.8, 4) is 12.1 Å². The molecule has 1 aromatic carbocycles. The second-order valence-electron chi connectivity index (χ2n) is 11.6. The third kappa shape index (κ3) is 5.39. The van der Waals surface area contributed by atoms with Gasteiger partial charge in [0.1, 0.15) is 6.07 Å². The number of nitriles is 2. The van der Waals surface area contributed by atoms with Crippen molar-refractivity contribution in [2.45, 2.75) is 43.5 Å². The van der Waals surface area contributed by atoms with Crippen molar-refractivity contribution >= 4 is 46.3 Å². The number of aliphatic hydroxyl groups excluding tert-OH is 1. The minimum absolute atomic E-state index is 0.0713. The highest BCUT2D eigenvalue weighted by Crippen LogP contribution is 2.37. The second kappa shape index (κ2) is 11.1. The number of likely N-dealkylation sites (tertiary alicyclic amines) is 1. The lowest BCUT2D eigenvalue weighted by Crippen LogP contribution is -2.66. The van der Waals surface area contributed by atoms with Crippen LogP contribution in [0, 0.1) is 22.7 Å². The average molecular weight is 603 g/mol. The number of β-amino-alcohol motifs (C(OH)–C–C–N with tert-alkyl or cyclic N) is 1. The number of aromatic nitrogens is 4. The maximum absolute atomic E-state index is 12.7. The third-order valence-electron chi connectivity index (χ3n) is 8.57. The van der Waals surface area contributed by atoms with Crippen molar-refractivity contribution in [1.82, 2.24) is 34.7 Å². The van der Waals surface area contributed by atoms with Crippen LogP contribution in [0.15, 0.2) is 18.3 Å². The molecular weight excluding hydrogens is 572 g/mol. The number of hydrogen-bond donors (Lipinski definition) is 4. The molecule has 5 heterocycles. The highest BCUT2D eigenvalue weighted by molar-refractivity contribution is 6.36. The minimum atomic E-state index is -0.452. The molecule has 0 bridgehead atoms. The van der Waals surface area contributed by atoms with Gasteiger partial charge in [0.15, 0.2) is 17.2 Å². The molecule has 15 heteroatoms. The highest BCUT2D eigenvalue weighted by atomic mass is 35.5. The molecule has 7 rings (SSSR count). The summed E-state index contributed by atoms with van der Waals surface area (Å²) in [6.45, 7) is 4.89. The van der Waals surface area contributed by atoms with Crippen molar-refractivity contribution in [3.63, 3.8) is 0 Å². The van der Waals surface area contributed by atoms with Crippen LogP contribution in [-0.4, -0.2) is 110 Å². The summed E-state index contributed by atoms with van der Waals surface area (Å²) in [5.74, 6) is 0.824. The Morgan fingerprint density at radius 2 is 1.93 bits per heavy atom. The Bertz CT molecular complexity index is 1650. The zero-order valence-electron chi connectivity index (χ0n) is 23.4. The largest absolute Gasteiger partial charge is 0.392 e. The number of fused-ring (bicyclic) bond motifs is 1. The van der Waals surface area contributed by atoms with Crippen molar-refractivity contribution in [2.75, 3.05) is 61.3 Å². The zero-order chi connectivity index (χ0) is 29.7.